The molecule has 0 bridgehead atoms. The van der Waals surface area contributed by atoms with Crippen LogP contribution < -0.4 is 0 Å². The molecule has 2 atom stereocenters. The maximum absolute atomic E-state index is 12.2. The number of benzene rings is 1. The van der Waals surface area contributed by atoms with Gasteiger partial charge in [0.25, 0.3) is 0 Å². The van der Waals surface area contributed by atoms with E-state index in [2.05, 4.69) is 10.1 Å². The second kappa shape index (κ2) is 5.17. The molecular weight excluding hydrogens is 278 g/mol. The summed E-state index contributed by atoms with van der Waals surface area (Å²) >= 11 is 5.88. The molecule has 0 unspecified atom stereocenters. The zero-order chi connectivity index (χ0) is 14.1. The molecule has 1 aliphatic carbocycles. The van der Waals surface area contributed by atoms with E-state index in [0.717, 1.165) is 5.56 Å². The van der Waals surface area contributed by atoms with E-state index in [1.807, 2.05) is 12.1 Å². The van der Waals surface area contributed by atoms with Gasteiger partial charge in [-0.05, 0) is 17.7 Å². The van der Waals surface area contributed by atoms with Crippen LogP contribution in [0.3, 0.4) is 0 Å². The van der Waals surface area contributed by atoms with Gasteiger partial charge in [0.05, 0.1) is 6.42 Å². The van der Waals surface area contributed by atoms with Crippen LogP contribution in [0.25, 0.3) is 0 Å². The molecule has 6 heteroatoms. The monoisotopic (exact) mass is 289 g/mol. The van der Waals surface area contributed by atoms with Gasteiger partial charge in [-0.1, -0.05) is 23.7 Å². The topological polar surface area (TPSA) is 64.8 Å². The second-order valence-electron chi connectivity index (χ2n) is 4.86. The molecule has 20 heavy (non-hydrogen) atoms. The van der Waals surface area contributed by atoms with Crippen LogP contribution >= 0.6 is 11.6 Å². The summed E-state index contributed by atoms with van der Waals surface area (Å²) in [5.74, 6) is -0.374. The van der Waals surface area contributed by atoms with Crippen LogP contribution in [0.2, 0.25) is 5.02 Å². The lowest BCUT2D eigenvalue weighted by Crippen LogP contribution is -2.34. The van der Waals surface area contributed by atoms with Gasteiger partial charge >= 0.3 is 0 Å². The van der Waals surface area contributed by atoms with E-state index in [4.69, 9.17) is 11.6 Å². The first kappa shape index (κ1) is 13.0. The Balaban J connectivity index is 2.01. The molecule has 3 rings (SSSR count). The average Bonchev–Trinajstić information content (AvgIpc) is 2.92. The number of aromatic nitrogens is 3. The smallest absolute Gasteiger partial charge is 0.165 e. The summed E-state index contributed by atoms with van der Waals surface area (Å²) in [4.78, 5) is 27.9. The van der Waals surface area contributed by atoms with Crippen molar-refractivity contribution in [3.63, 3.8) is 0 Å². The Morgan fingerprint density at radius 2 is 1.95 bits per heavy atom. The Morgan fingerprint density at radius 1 is 1.20 bits per heavy atom. The number of rotatable bonds is 2. The summed E-state index contributed by atoms with van der Waals surface area (Å²) < 4.78 is 1.54. The summed E-state index contributed by atoms with van der Waals surface area (Å²) in [6.45, 7) is 0. The number of carbonyl (C=O) groups excluding carboxylic acids is 2. The minimum atomic E-state index is -0.476. The fourth-order valence-corrected chi connectivity index (χ4v) is 2.78. The number of halogens is 1. The van der Waals surface area contributed by atoms with E-state index in [9.17, 15) is 9.59 Å². The van der Waals surface area contributed by atoms with Gasteiger partial charge in [-0.2, -0.15) is 5.10 Å². The van der Waals surface area contributed by atoms with Gasteiger partial charge in [-0.3, -0.25) is 9.59 Å². The van der Waals surface area contributed by atoms with E-state index in [-0.39, 0.29) is 23.9 Å². The van der Waals surface area contributed by atoms with Crippen molar-refractivity contribution in [3.8, 4) is 0 Å². The van der Waals surface area contributed by atoms with Crippen molar-refractivity contribution in [1.29, 1.82) is 0 Å². The number of nitrogens with zero attached hydrogens (tertiary/aromatic N) is 3. The number of hydrogen-bond acceptors (Lipinski definition) is 4. The van der Waals surface area contributed by atoms with E-state index < -0.39 is 6.04 Å². The molecule has 2 aromatic rings. The van der Waals surface area contributed by atoms with Crippen molar-refractivity contribution in [1.82, 2.24) is 14.8 Å². The standard InChI is InChI=1S/C14H12ClN3O2/c15-10-3-1-9(2-4-10)12-5-11(19)6-13(20)14(12)18-8-16-7-17-18/h1-4,7-8,12,14H,5-6H2/t12-,14-/m0/s1. The molecule has 0 saturated heterocycles. The fourth-order valence-electron chi connectivity index (χ4n) is 2.66. The summed E-state index contributed by atoms with van der Waals surface area (Å²) in [7, 11) is 0. The van der Waals surface area contributed by atoms with Crippen LogP contribution in [0.15, 0.2) is 36.9 Å². The molecule has 0 N–H and O–H groups in total. The van der Waals surface area contributed by atoms with Crippen molar-refractivity contribution < 1.29 is 9.59 Å². The van der Waals surface area contributed by atoms with Crippen LogP contribution in [-0.4, -0.2) is 26.3 Å². The van der Waals surface area contributed by atoms with Crippen molar-refractivity contribution in [2.45, 2.75) is 24.8 Å². The normalized spacial score (nSPS) is 23.1. The van der Waals surface area contributed by atoms with Crippen molar-refractivity contribution in [3.05, 3.63) is 47.5 Å². The average molecular weight is 290 g/mol. The van der Waals surface area contributed by atoms with Crippen LogP contribution in [-0.2, 0) is 9.59 Å². The fraction of sp³-hybridized carbons (Fsp3) is 0.286. The SMILES string of the molecule is O=C1CC(=O)[C@@H](n2cncn2)[C@H](c2ccc(Cl)cc2)C1. The minimum Gasteiger partial charge on any atom is -0.299 e. The third-order valence-corrected chi connectivity index (χ3v) is 3.80. The highest BCUT2D eigenvalue weighted by molar-refractivity contribution is 6.30. The maximum atomic E-state index is 12.2. The Bertz CT molecular complexity index is 637. The third-order valence-electron chi connectivity index (χ3n) is 3.55. The van der Waals surface area contributed by atoms with Gasteiger partial charge in [0, 0.05) is 17.4 Å². The van der Waals surface area contributed by atoms with E-state index >= 15 is 0 Å². The lowest BCUT2D eigenvalue weighted by Gasteiger charge is -2.29. The number of carbonyl (C=O) groups is 2. The Kier molecular flexibility index (Phi) is 3.36. The molecule has 1 aliphatic rings. The summed E-state index contributed by atoms with van der Waals surface area (Å²) in [6.07, 6.45) is 3.20. The first-order valence-corrected chi connectivity index (χ1v) is 6.67. The highest BCUT2D eigenvalue weighted by Crippen LogP contribution is 2.37. The molecule has 0 spiro atoms. The molecule has 1 saturated carbocycles. The zero-order valence-corrected chi connectivity index (χ0v) is 11.3. The summed E-state index contributed by atoms with van der Waals surface area (Å²) in [6, 6.07) is 6.75. The molecule has 102 valence electrons. The van der Waals surface area contributed by atoms with Crippen molar-refractivity contribution >= 4 is 23.2 Å². The van der Waals surface area contributed by atoms with Gasteiger partial charge < -0.3 is 0 Å². The molecule has 5 nitrogen and oxygen atoms in total. The molecule has 0 aliphatic heterocycles. The van der Waals surface area contributed by atoms with Crippen LogP contribution in [0.4, 0.5) is 0 Å². The van der Waals surface area contributed by atoms with Crippen molar-refractivity contribution in [2.24, 2.45) is 0 Å². The lowest BCUT2D eigenvalue weighted by atomic mass is 9.78. The summed E-state index contributed by atoms with van der Waals surface area (Å²) in [5.41, 5.74) is 0.913. The second-order valence-corrected chi connectivity index (χ2v) is 5.30. The lowest BCUT2D eigenvalue weighted by molar-refractivity contribution is -0.133. The molecule has 1 heterocycles. The molecule has 1 aromatic heterocycles. The molecule has 0 radical (unpaired) electrons. The van der Waals surface area contributed by atoms with Crippen LogP contribution in [0.5, 0.6) is 0 Å². The highest BCUT2D eigenvalue weighted by atomic mass is 35.5. The van der Waals surface area contributed by atoms with E-state index in [0.29, 0.717) is 11.4 Å². The van der Waals surface area contributed by atoms with Crippen LogP contribution in [0.1, 0.15) is 30.4 Å². The Morgan fingerprint density at radius 3 is 2.60 bits per heavy atom. The van der Waals surface area contributed by atoms with E-state index in [1.165, 1.54) is 17.3 Å². The van der Waals surface area contributed by atoms with Crippen molar-refractivity contribution in [2.75, 3.05) is 0 Å². The maximum Gasteiger partial charge on any atom is 0.165 e. The largest absolute Gasteiger partial charge is 0.299 e. The van der Waals surface area contributed by atoms with E-state index in [1.54, 1.807) is 12.1 Å². The number of Topliss-reactive ketones (excluding diaryl/α,β-unsaturated/α-hetero) is 2. The predicted molar refractivity (Wildman–Crippen MR) is 72.5 cm³/mol. The van der Waals surface area contributed by atoms with Gasteiger partial charge in [-0.15, -0.1) is 0 Å². The first-order valence-electron chi connectivity index (χ1n) is 6.29. The van der Waals surface area contributed by atoms with Gasteiger partial charge in [0.15, 0.2) is 5.78 Å². The zero-order valence-electron chi connectivity index (χ0n) is 10.6. The molecular formula is C14H12ClN3O2. The number of ketones is 2. The quantitative estimate of drug-likeness (QED) is 0.795. The van der Waals surface area contributed by atoms with Gasteiger partial charge in [-0.25, -0.2) is 9.67 Å². The minimum absolute atomic E-state index is 0.0331. The van der Waals surface area contributed by atoms with Crippen LogP contribution in [0, 0.1) is 0 Å². The Labute approximate surface area is 120 Å². The highest BCUT2D eigenvalue weighted by Gasteiger charge is 2.38. The summed E-state index contributed by atoms with van der Waals surface area (Å²) in [5, 5.41) is 4.68. The van der Waals surface area contributed by atoms with Gasteiger partial charge in [0.2, 0.25) is 0 Å². The predicted octanol–water partition coefficient (Wildman–Crippen LogP) is 2.19. The van der Waals surface area contributed by atoms with Gasteiger partial charge in [0.1, 0.15) is 24.5 Å². The number of hydrogen-bond donors (Lipinski definition) is 0. The molecule has 1 aromatic carbocycles. The Hall–Kier alpha value is -2.01. The molecule has 1 fully saturated rings. The third kappa shape index (κ3) is 2.36. The molecule has 0 amide bonds. The first-order chi connectivity index (χ1) is 9.65.